The molecule has 0 unspecified atom stereocenters. The van der Waals surface area contributed by atoms with Crippen molar-refractivity contribution in [1.82, 2.24) is 6.15 Å². The molecule has 0 spiro atoms. The number of carbonyl (C=O) groups excluding carboxylic acids is 1. The predicted molar refractivity (Wildman–Crippen MR) is 175 cm³/mol. The third-order valence-electron chi connectivity index (χ3n) is 7.66. The minimum atomic E-state index is -0.0696. The van der Waals surface area contributed by atoms with Crippen molar-refractivity contribution < 1.29 is 9.53 Å². The summed E-state index contributed by atoms with van der Waals surface area (Å²) in [6, 6.07) is 0. The molecule has 0 heterocycles. The average Bonchev–Trinajstić information content (AvgIpc) is 2.92. The van der Waals surface area contributed by atoms with E-state index in [0.29, 0.717) is 6.42 Å². The van der Waals surface area contributed by atoms with Crippen molar-refractivity contribution in [2.45, 2.75) is 200 Å². The van der Waals surface area contributed by atoms with Gasteiger partial charge in [0.25, 0.3) is 0 Å². The minimum absolute atomic E-state index is 0. The number of carbonyl (C=O) groups is 1. The Balaban J connectivity index is 0. The molecule has 0 amide bonds. The maximum Gasteiger partial charge on any atom is 0.310 e. The molecule has 0 aliphatic carbocycles. The fourth-order valence-electron chi connectivity index (χ4n) is 5.05. The molecule has 0 aromatic carbocycles. The highest BCUT2D eigenvalue weighted by Gasteiger charge is 2.00. The second-order valence-corrected chi connectivity index (χ2v) is 11.6. The zero-order valence-electron chi connectivity index (χ0n) is 26.8. The third-order valence-corrected chi connectivity index (χ3v) is 7.66. The maximum absolute atomic E-state index is 11.9. The number of hydrogen-bond acceptors (Lipinski definition) is 3. The van der Waals surface area contributed by atoms with Gasteiger partial charge in [0, 0.05) is 6.42 Å². The molecule has 0 aromatic heterocycles. The van der Waals surface area contributed by atoms with Crippen LogP contribution in [-0.2, 0) is 9.53 Å². The molecule has 0 aliphatic heterocycles. The van der Waals surface area contributed by atoms with Gasteiger partial charge < -0.3 is 10.9 Å². The second kappa shape index (κ2) is 36.9. The number of esters is 1. The number of rotatable bonds is 31. The van der Waals surface area contributed by atoms with Crippen LogP contribution in [0, 0.1) is 0 Å². The van der Waals surface area contributed by atoms with E-state index < -0.39 is 0 Å². The molecule has 39 heavy (non-hydrogen) atoms. The zero-order valence-corrected chi connectivity index (χ0v) is 26.8. The fourth-order valence-corrected chi connectivity index (χ4v) is 5.05. The fraction of sp³-hybridized carbons (Fsp3) is 0.861. The van der Waals surface area contributed by atoms with Gasteiger partial charge in [0.2, 0.25) is 0 Å². The monoisotopic (exact) mass is 550 g/mol. The minimum Gasteiger partial charge on any atom is -0.435 e. The number of ether oxygens (including phenoxy) is 1. The lowest BCUT2D eigenvalue weighted by Gasteiger charge is -2.03. The maximum atomic E-state index is 11.9. The average molecular weight is 550 g/mol. The van der Waals surface area contributed by atoms with Gasteiger partial charge in [0.1, 0.15) is 0 Å². The van der Waals surface area contributed by atoms with Gasteiger partial charge in [-0.1, -0.05) is 161 Å². The number of unbranched alkanes of at least 4 members (excludes halogenated alkanes) is 25. The zero-order chi connectivity index (χ0) is 27.6. The van der Waals surface area contributed by atoms with Crippen LogP contribution in [0.3, 0.4) is 0 Å². The van der Waals surface area contributed by atoms with Crippen LogP contribution in [0.4, 0.5) is 0 Å². The topological polar surface area (TPSA) is 61.3 Å². The molecule has 0 bridgehead atoms. The Hall–Kier alpha value is -1.09. The molecule has 0 saturated carbocycles. The number of allylic oxidation sites excluding steroid dienone is 3. The summed E-state index contributed by atoms with van der Waals surface area (Å²) in [5.74, 6) is -0.0696. The van der Waals surface area contributed by atoms with Crippen LogP contribution in [-0.4, -0.2) is 5.97 Å². The molecule has 0 rings (SSSR count). The molecule has 3 nitrogen and oxygen atoms in total. The first-order valence-corrected chi connectivity index (χ1v) is 17.3. The summed E-state index contributed by atoms with van der Waals surface area (Å²) in [5, 5.41) is 0. The van der Waals surface area contributed by atoms with Crippen LogP contribution in [0.1, 0.15) is 200 Å². The molecule has 232 valence electrons. The van der Waals surface area contributed by atoms with E-state index in [-0.39, 0.29) is 12.1 Å². The van der Waals surface area contributed by atoms with Crippen LogP contribution in [0.25, 0.3) is 0 Å². The quantitative estimate of drug-likeness (QED) is 0.0405. The molecule has 0 radical (unpaired) electrons. The van der Waals surface area contributed by atoms with Gasteiger partial charge in [-0.25, -0.2) is 0 Å². The largest absolute Gasteiger partial charge is 0.435 e. The van der Waals surface area contributed by atoms with Crippen molar-refractivity contribution in [3.8, 4) is 0 Å². The lowest BCUT2D eigenvalue weighted by molar-refractivity contribution is -0.138. The van der Waals surface area contributed by atoms with Crippen molar-refractivity contribution in [1.29, 1.82) is 0 Å². The first-order valence-electron chi connectivity index (χ1n) is 17.3. The lowest BCUT2D eigenvalue weighted by Crippen LogP contribution is -1.98. The summed E-state index contributed by atoms with van der Waals surface area (Å²) < 4.78 is 5.25. The Morgan fingerprint density at radius 1 is 0.436 bits per heavy atom. The highest BCUT2D eigenvalue weighted by molar-refractivity contribution is 5.69. The predicted octanol–water partition coefficient (Wildman–Crippen LogP) is 13.1. The van der Waals surface area contributed by atoms with Crippen LogP contribution in [0.5, 0.6) is 0 Å². The first kappa shape index (κ1) is 40.1. The van der Waals surface area contributed by atoms with Crippen molar-refractivity contribution in [2.75, 3.05) is 0 Å². The third kappa shape index (κ3) is 36.9. The van der Waals surface area contributed by atoms with E-state index in [1.54, 1.807) is 6.26 Å². The molecule has 3 N–H and O–H groups in total. The van der Waals surface area contributed by atoms with Crippen molar-refractivity contribution in [2.24, 2.45) is 0 Å². The van der Waals surface area contributed by atoms with E-state index in [1.165, 1.54) is 161 Å². The van der Waals surface area contributed by atoms with Crippen LogP contribution in [0.15, 0.2) is 24.5 Å². The summed E-state index contributed by atoms with van der Waals surface area (Å²) in [6.45, 7) is 4.56. The standard InChI is InChI=1S/C36H68O2.H3N/c1-3-5-7-9-11-13-15-17-19-21-23-25-27-29-31-33-35-38-36(37)34-32-30-28-26-24-22-20-18-16-14-12-10-8-6-4-2;/h18,20,33,35H,3-17,19,21-32,34H2,1-2H3;1H3/b20-18-,35-33?;. The summed E-state index contributed by atoms with van der Waals surface area (Å²) in [5.41, 5.74) is 0. The van der Waals surface area contributed by atoms with Crippen molar-refractivity contribution in [3.05, 3.63) is 24.5 Å². The summed E-state index contributed by atoms with van der Waals surface area (Å²) >= 11 is 0. The molecular weight excluding hydrogens is 478 g/mol. The van der Waals surface area contributed by atoms with Gasteiger partial charge in [-0.3, -0.25) is 4.79 Å². The Morgan fingerprint density at radius 2 is 0.744 bits per heavy atom. The van der Waals surface area contributed by atoms with Gasteiger partial charge in [-0.15, -0.1) is 0 Å². The highest BCUT2D eigenvalue weighted by atomic mass is 16.5. The van der Waals surface area contributed by atoms with E-state index in [4.69, 9.17) is 4.74 Å². The molecule has 0 aromatic rings. The Bertz CT molecular complexity index is 514. The van der Waals surface area contributed by atoms with Gasteiger partial charge in [0.15, 0.2) is 0 Å². The second-order valence-electron chi connectivity index (χ2n) is 11.6. The van der Waals surface area contributed by atoms with Crippen molar-refractivity contribution in [3.63, 3.8) is 0 Å². The molecule has 0 fully saturated rings. The van der Waals surface area contributed by atoms with Gasteiger partial charge in [-0.2, -0.15) is 0 Å². The van der Waals surface area contributed by atoms with E-state index >= 15 is 0 Å². The Morgan fingerprint density at radius 3 is 1.13 bits per heavy atom. The van der Waals surface area contributed by atoms with Gasteiger partial charge in [-0.05, 0) is 51.0 Å². The lowest BCUT2D eigenvalue weighted by atomic mass is 10.0. The van der Waals surface area contributed by atoms with Crippen LogP contribution < -0.4 is 6.15 Å². The molecule has 0 aliphatic rings. The molecular formula is C36H71NO2. The normalized spacial score (nSPS) is 11.4. The van der Waals surface area contributed by atoms with E-state index in [0.717, 1.165) is 19.3 Å². The summed E-state index contributed by atoms with van der Waals surface area (Å²) in [7, 11) is 0. The molecule has 3 heteroatoms. The van der Waals surface area contributed by atoms with E-state index in [9.17, 15) is 4.79 Å². The Kier molecular flexibility index (Phi) is 37.9. The smallest absolute Gasteiger partial charge is 0.310 e. The summed E-state index contributed by atoms with van der Waals surface area (Å²) in [6.07, 6.45) is 46.1. The van der Waals surface area contributed by atoms with E-state index in [1.807, 2.05) is 6.08 Å². The highest BCUT2D eigenvalue weighted by Crippen LogP contribution is 2.14. The van der Waals surface area contributed by atoms with Crippen LogP contribution in [0.2, 0.25) is 0 Å². The first-order chi connectivity index (χ1) is 18.8. The van der Waals surface area contributed by atoms with Crippen LogP contribution >= 0.6 is 0 Å². The molecule has 0 atom stereocenters. The SMILES string of the molecule is CCCCCCCC/C=C\CCCCCCCC(=O)OC=CCCCCCCCCCCCCCCCC.N. The van der Waals surface area contributed by atoms with Gasteiger partial charge >= 0.3 is 5.97 Å². The summed E-state index contributed by atoms with van der Waals surface area (Å²) in [4.78, 5) is 11.9. The van der Waals surface area contributed by atoms with Gasteiger partial charge in [0.05, 0.1) is 6.26 Å². The Labute approximate surface area is 246 Å². The molecule has 0 saturated heterocycles. The number of hydrogen-bond donors (Lipinski definition) is 1. The van der Waals surface area contributed by atoms with Crippen molar-refractivity contribution >= 4 is 5.97 Å². The van der Waals surface area contributed by atoms with E-state index in [2.05, 4.69) is 26.0 Å².